The van der Waals surface area contributed by atoms with E-state index in [1.54, 1.807) is 0 Å². The number of hydrogen-bond acceptors (Lipinski definition) is 4. The summed E-state index contributed by atoms with van der Waals surface area (Å²) in [4.78, 5) is 7.40. The number of nitrogens with zero attached hydrogens (tertiary/aromatic N) is 3. The molecule has 2 rings (SSSR count). The Hall–Kier alpha value is -0.160. The average Bonchev–Trinajstić information content (AvgIpc) is 2.65. The first-order valence-corrected chi connectivity index (χ1v) is 6.46. The fourth-order valence-electron chi connectivity index (χ4n) is 2.88. The molecular weight excluding hydrogens is 200 g/mol. The number of likely N-dealkylation sites (N-methyl/N-ethyl adjacent to an activating group) is 3. The van der Waals surface area contributed by atoms with Gasteiger partial charge in [-0.1, -0.05) is 0 Å². The van der Waals surface area contributed by atoms with E-state index < -0.39 is 0 Å². The van der Waals surface area contributed by atoms with Crippen molar-refractivity contribution in [2.24, 2.45) is 0 Å². The minimum absolute atomic E-state index is 0.648. The molecule has 2 heterocycles. The Morgan fingerprint density at radius 3 is 2.56 bits per heavy atom. The molecule has 2 unspecified atom stereocenters. The minimum Gasteiger partial charge on any atom is -0.310 e. The van der Waals surface area contributed by atoms with Crippen molar-refractivity contribution in [1.82, 2.24) is 20.0 Å². The molecule has 0 spiro atoms. The lowest BCUT2D eigenvalue weighted by Gasteiger charge is -2.35. The average molecular weight is 226 g/mol. The predicted octanol–water partition coefficient (Wildman–Crippen LogP) is -0.474. The van der Waals surface area contributed by atoms with Crippen molar-refractivity contribution in [3.05, 3.63) is 0 Å². The quantitative estimate of drug-likeness (QED) is 0.702. The monoisotopic (exact) mass is 226 g/mol. The Labute approximate surface area is 99.6 Å². The topological polar surface area (TPSA) is 21.8 Å². The highest BCUT2D eigenvalue weighted by Crippen LogP contribution is 2.13. The Kier molecular flexibility index (Phi) is 4.19. The van der Waals surface area contributed by atoms with Crippen molar-refractivity contribution in [2.75, 3.05) is 60.4 Å². The van der Waals surface area contributed by atoms with Gasteiger partial charge >= 0.3 is 0 Å². The van der Waals surface area contributed by atoms with Crippen LogP contribution >= 0.6 is 0 Å². The number of hydrogen-bond donors (Lipinski definition) is 1. The van der Waals surface area contributed by atoms with E-state index in [9.17, 15) is 0 Å². The molecule has 0 radical (unpaired) electrons. The van der Waals surface area contributed by atoms with Gasteiger partial charge in [0.15, 0.2) is 0 Å². The highest BCUT2D eigenvalue weighted by atomic mass is 15.3. The molecule has 0 bridgehead atoms. The van der Waals surface area contributed by atoms with Crippen LogP contribution in [0.1, 0.15) is 6.42 Å². The molecular formula is C12H26N4. The van der Waals surface area contributed by atoms with Gasteiger partial charge in [-0.2, -0.15) is 0 Å². The van der Waals surface area contributed by atoms with Crippen LogP contribution in [0.15, 0.2) is 0 Å². The zero-order chi connectivity index (χ0) is 11.5. The highest BCUT2D eigenvalue weighted by molar-refractivity contribution is 4.85. The van der Waals surface area contributed by atoms with E-state index in [4.69, 9.17) is 0 Å². The van der Waals surface area contributed by atoms with Crippen LogP contribution in [-0.2, 0) is 0 Å². The van der Waals surface area contributed by atoms with Gasteiger partial charge < -0.3 is 20.0 Å². The fourth-order valence-corrected chi connectivity index (χ4v) is 2.88. The van der Waals surface area contributed by atoms with E-state index >= 15 is 0 Å². The van der Waals surface area contributed by atoms with E-state index in [1.807, 2.05) is 0 Å². The predicted molar refractivity (Wildman–Crippen MR) is 67.8 cm³/mol. The first-order valence-electron chi connectivity index (χ1n) is 6.46. The van der Waals surface area contributed by atoms with Gasteiger partial charge in [-0.25, -0.2) is 0 Å². The molecule has 2 fully saturated rings. The Balaban J connectivity index is 1.75. The van der Waals surface area contributed by atoms with Crippen molar-refractivity contribution >= 4 is 0 Å². The van der Waals surface area contributed by atoms with E-state index in [0.29, 0.717) is 6.04 Å². The van der Waals surface area contributed by atoms with Gasteiger partial charge in [0.25, 0.3) is 0 Å². The van der Waals surface area contributed by atoms with Crippen LogP contribution < -0.4 is 5.32 Å². The summed E-state index contributed by atoms with van der Waals surface area (Å²) >= 11 is 0. The van der Waals surface area contributed by atoms with E-state index in [2.05, 4.69) is 41.2 Å². The molecule has 0 saturated carbocycles. The molecule has 0 aromatic rings. The van der Waals surface area contributed by atoms with Crippen molar-refractivity contribution < 1.29 is 0 Å². The first-order chi connectivity index (χ1) is 7.65. The molecule has 4 nitrogen and oxygen atoms in total. The third-order valence-corrected chi connectivity index (χ3v) is 3.96. The van der Waals surface area contributed by atoms with Gasteiger partial charge in [0.05, 0.1) is 0 Å². The van der Waals surface area contributed by atoms with Gasteiger partial charge in [0.1, 0.15) is 0 Å². The van der Waals surface area contributed by atoms with Crippen LogP contribution in [0.4, 0.5) is 0 Å². The summed E-state index contributed by atoms with van der Waals surface area (Å²) in [6.07, 6.45) is 1.33. The molecule has 2 aliphatic heterocycles. The molecule has 16 heavy (non-hydrogen) atoms. The van der Waals surface area contributed by atoms with E-state index in [-0.39, 0.29) is 0 Å². The van der Waals surface area contributed by atoms with Gasteiger partial charge in [0, 0.05) is 44.8 Å². The summed E-state index contributed by atoms with van der Waals surface area (Å²) in [5.74, 6) is 0. The van der Waals surface area contributed by atoms with Crippen LogP contribution in [0, 0.1) is 0 Å². The van der Waals surface area contributed by atoms with Crippen LogP contribution in [0.2, 0.25) is 0 Å². The molecule has 0 aromatic carbocycles. The summed E-state index contributed by atoms with van der Waals surface area (Å²) in [6, 6.07) is 1.41. The standard InChI is InChI=1S/C12H26N4/c1-14-6-4-12(10-14)16(3)9-11-8-15(2)7-5-13-11/h11-13H,4-10H2,1-3H3. The largest absolute Gasteiger partial charge is 0.310 e. The second-order valence-electron chi connectivity index (χ2n) is 5.56. The Morgan fingerprint density at radius 1 is 1.19 bits per heavy atom. The van der Waals surface area contributed by atoms with Crippen LogP contribution in [0.25, 0.3) is 0 Å². The number of likely N-dealkylation sites (tertiary alicyclic amines) is 1. The zero-order valence-electron chi connectivity index (χ0n) is 10.9. The van der Waals surface area contributed by atoms with E-state index in [1.165, 1.54) is 39.1 Å². The van der Waals surface area contributed by atoms with Crippen LogP contribution in [0.5, 0.6) is 0 Å². The van der Waals surface area contributed by atoms with Crippen molar-refractivity contribution in [2.45, 2.75) is 18.5 Å². The lowest BCUT2D eigenvalue weighted by atomic mass is 10.1. The molecule has 0 aliphatic carbocycles. The molecule has 0 aromatic heterocycles. The lowest BCUT2D eigenvalue weighted by molar-refractivity contribution is 0.168. The second kappa shape index (κ2) is 5.45. The SMILES string of the molecule is CN1CCNC(CN(C)C2CCN(C)C2)C1. The van der Waals surface area contributed by atoms with Gasteiger partial charge in [-0.3, -0.25) is 0 Å². The molecule has 2 saturated heterocycles. The normalized spacial score (nSPS) is 33.8. The summed E-state index contributed by atoms with van der Waals surface area (Å²) in [6.45, 7) is 7.19. The molecule has 4 heteroatoms. The number of rotatable bonds is 3. The van der Waals surface area contributed by atoms with Gasteiger partial charge in [-0.15, -0.1) is 0 Å². The molecule has 2 atom stereocenters. The van der Waals surface area contributed by atoms with Crippen LogP contribution in [0.3, 0.4) is 0 Å². The van der Waals surface area contributed by atoms with Crippen molar-refractivity contribution in [3.8, 4) is 0 Å². The summed E-state index contributed by atoms with van der Waals surface area (Å²) in [5, 5.41) is 3.62. The third kappa shape index (κ3) is 3.17. The van der Waals surface area contributed by atoms with Gasteiger partial charge in [0.2, 0.25) is 0 Å². The van der Waals surface area contributed by atoms with Crippen molar-refractivity contribution in [3.63, 3.8) is 0 Å². The first kappa shape index (κ1) is 12.3. The maximum atomic E-state index is 3.62. The maximum Gasteiger partial charge on any atom is 0.0323 e. The number of nitrogens with one attached hydrogen (secondary N) is 1. The second-order valence-corrected chi connectivity index (χ2v) is 5.56. The molecule has 2 aliphatic rings. The fraction of sp³-hybridized carbons (Fsp3) is 1.00. The Morgan fingerprint density at radius 2 is 1.94 bits per heavy atom. The van der Waals surface area contributed by atoms with Crippen molar-refractivity contribution in [1.29, 1.82) is 0 Å². The number of piperazine rings is 1. The summed E-state index contributed by atoms with van der Waals surface area (Å²) in [7, 11) is 6.72. The highest BCUT2D eigenvalue weighted by Gasteiger charge is 2.26. The summed E-state index contributed by atoms with van der Waals surface area (Å²) < 4.78 is 0. The maximum absolute atomic E-state index is 3.62. The van der Waals surface area contributed by atoms with E-state index in [0.717, 1.165) is 12.6 Å². The third-order valence-electron chi connectivity index (χ3n) is 3.96. The molecule has 0 amide bonds. The molecule has 94 valence electrons. The summed E-state index contributed by atoms with van der Waals surface area (Å²) in [5.41, 5.74) is 0. The van der Waals surface area contributed by atoms with Crippen LogP contribution in [-0.4, -0.2) is 87.2 Å². The Bertz CT molecular complexity index is 221. The lowest BCUT2D eigenvalue weighted by Crippen LogP contribution is -2.54. The molecule has 1 N–H and O–H groups in total. The zero-order valence-corrected chi connectivity index (χ0v) is 10.9. The van der Waals surface area contributed by atoms with Gasteiger partial charge in [-0.05, 0) is 34.1 Å². The minimum atomic E-state index is 0.648. The smallest absolute Gasteiger partial charge is 0.0323 e.